The van der Waals surface area contributed by atoms with Crippen molar-refractivity contribution >= 4 is 19.9 Å². The fourth-order valence-electron chi connectivity index (χ4n) is 3.56. The lowest BCUT2D eigenvalue weighted by molar-refractivity contribution is -0.139. The number of nitrogens with one attached hydrogen (secondary N) is 1. The van der Waals surface area contributed by atoms with Gasteiger partial charge in [-0.2, -0.15) is 13.2 Å². The Bertz CT molecular complexity index is 1570. The van der Waals surface area contributed by atoms with Crippen molar-refractivity contribution in [3.05, 3.63) is 114 Å². The van der Waals surface area contributed by atoms with Crippen LogP contribution in [0, 0.1) is 0 Å². The number of hydrogen-bond donors (Lipinski definition) is 1. The van der Waals surface area contributed by atoms with E-state index >= 15 is 0 Å². The van der Waals surface area contributed by atoms with Crippen LogP contribution in [-0.2, 0) is 32.6 Å². The van der Waals surface area contributed by atoms with E-state index in [2.05, 4.69) is 4.72 Å². The second kappa shape index (κ2) is 9.88. The van der Waals surface area contributed by atoms with Crippen LogP contribution >= 0.6 is 0 Å². The van der Waals surface area contributed by atoms with Crippen molar-refractivity contribution in [2.24, 2.45) is 0 Å². The van der Waals surface area contributed by atoms with Crippen molar-refractivity contribution in [3.8, 4) is 11.1 Å². The third-order valence-corrected chi connectivity index (χ3v) is 8.65. The Balaban J connectivity index is 1.65. The summed E-state index contributed by atoms with van der Waals surface area (Å²) in [4.78, 5) is -1.89. The van der Waals surface area contributed by atoms with Gasteiger partial charge in [0.2, 0.25) is 19.9 Å². The minimum atomic E-state index is -5.02. The Labute approximate surface area is 207 Å². The highest BCUT2D eigenvalue weighted by Crippen LogP contribution is 2.36. The molecule has 1 N–H and O–H groups in total. The summed E-state index contributed by atoms with van der Waals surface area (Å²) < 4.78 is 94.9. The first-order chi connectivity index (χ1) is 17.0. The van der Waals surface area contributed by atoms with Gasteiger partial charge in [0.1, 0.15) is 0 Å². The summed E-state index contributed by atoms with van der Waals surface area (Å²) in [6.45, 7) is -0.287. The van der Waals surface area contributed by atoms with Gasteiger partial charge in [0.25, 0.3) is 0 Å². The van der Waals surface area contributed by atoms with Crippen LogP contribution in [0.5, 0.6) is 0 Å². The van der Waals surface area contributed by atoms with Crippen LogP contribution in [0.25, 0.3) is 11.1 Å². The summed E-state index contributed by atoms with van der Waals surface area (Å²) in [5.74, 6) is 0. The molecule has 0 aliphatic heterocycles. The SMILES string of the molecule is O=S(=O)(NCc1ccc(-c2ccccc2)cc1)c1cc(S(=O)(=O)c2ccccc2)ccc1C(F)(F)F. The maximum atomic E-state index is 13.7. The van der Waals surface area contributed by atoms with E-state index in [4.69, 9.17) is 0 Å². The van der Waals surface area contributed by atoms with Crippen LogP contribution < -0.4 is 4.72 Å². The number of sulfonamides is 1. The van der Waals surface area contributed by atoms with Crippen molar-refractivity contribution in [3.63, 3.8) is 0 Å². The van der Waals surface area contributed by atoms with Crippen molar-refractivity contribution in [2.75, 3.05) is 0 Å². The monoisotopic (exact) mass is 531 g/mol. The molecule has 0 saturated carbocycles. The molecule has 186 valence electrons. The molecular weight excluding hydrogens is 511 g/mol. The summed E-state index contributed by atoms with van der Waals surface area (Å²) in [7, 11) is -8.98. The van der Waals surface area contributed by atoms with Gasteiger partial charge in [-0.1, -0.05) is 72.8 Å². The van der Waals surface area contributed by atoms with Crippen LogP contribution in [0.2, 0.25) is 0 Å². The predicted molar refractivity (Wildman–Crippen MR) is 129 cm³/mol. The summed E-state index contributed by atoms with van der Waals surface area (Å²) in [5.41, 5.74) is 0.901. The van der Waals surface area contributed by atoms with Crippen LogP contribution in [0.3, 0.4) is 0 Å². The number of sulfone groups is 1. The van der Waals surface area contributed by atoms with E-state index in [9.17, 15) is 30.0 Å². The fraction of sp³-hybridized carbons (Fsp3) is 0.0769. The molecule has 0 saturated heterocycles. The summed E-state index contributed by atoms with van der Waals surface area (Å²) in [6.07, 6.45) is -5.02. The number of rotatable bonds is 7. The van der Waals surface area contributed by atoms with Crippen LogP contribution in [0.15, 0.2) is 118 Å². The first-order valence-electron chi connectivity index (χ1n) is 10.6. The Hall–Kier alpha value is -3.47. The minimum Gasteiger partial charge on any atom is -0.219 e. The third kappa shape index (κ3) is 5.51. The van der Waals surface area contributed by atoms with E-state index in [0.29, 0.717) is 17.7 Å². The highest BCUT2D eigenvalue weighted by atomic mass is 32.2. The largest absolute Gasteiger partial charge is 0.417 e. The maximum absolute atomic E-state index is 13.7. The molecule has 36 heavy (non-hydrogen) atoms. The quantitative estimate of drug-likeness (QED) is 0.333. The standard InChI is InChI=1S/C26H20F3NO4S2/c27-26(28,29)24-16-15-23(35(31,32)22-9-5-2-6-10-22)17-25(24)36(33,34)30-18-19-11-13-21(14-12-19)20-7-3-1-4-8-20/h1-17,30H,18H2. The topological polar surface area (TPSA) is 80.3 Å². The molecule has 0 aliphatic rings. The molecule has 0 fully saturated rings. The smallest absolute Gasteiger partial charge is 0.219 e. The molecule has 0 radical (unpaired) electrons. The van der Waals surface area contributed by atoms with Crippen LogP contribution in [0.1, 0.15) is 11.1 Å². The Morgan fingerprint density at radius 3 is 1.78 bits per heavy atom. The van der Waals surface area contributed by atoms with Gasteiger partial charge in [-0.15, -0.1) is 0 Å². The highest BCUT2D eigenvalue weighted by molar-refractivity contribution is 7.91. The normalized spacial score (nSPS) is 12.4. The molecule has 0 spiro atoms. The van der Waals surface area contributed by atoms with Gasteiger partial charge in [0, 0.05) is 6.54 Å². The average Bonchev–Trinajstić information content (AvgIpc) is 2.88. The van der Waals surface area contributed by atoms with Gasteiger partial charge in [-0.25, -0.2) is 21.6 Å². The lowest BCUT2D eigenvalue weighted by atomic mass is 10.0. The number of hydrogen-bond acceptors (Lipinski definition) is 4. The van der Waals surface area contributed by atoms with Crippen molar-refractivity contribution in [2.45, 2.75) is 27.4 Å². The molecule has 0 bridgehead atoms. The molecule has 0 unspecified atom stereocenters. The summed E-state index contributed by atoms with van der Waals surface area (Å²) >= 11 is 0. The van der Waals surface area contributed by atoms with E-state index < -0.39 is 41.4 Å². The molecule has 0 heterocycles. The first-order valence-corrected chi connectivity index (χ1v) is 13.6. The molecule has 10 heteroatoms. The number of benzene rings is 4. The molecule has 0 amide bonds. The lowest BCUT2D eigenvalue weighted by Gasteiger charge is -2.16. The predicted octanol–water partition coefficient (Wildman–Crippen LogP) is 5.68. The number of alkyl halides is 3. The van der Waals surface area contributed by atoms with E-state index in [1.165, 1.54) is 24.3 Å². The summed E-state index contributed by atoms with van der Waals surface area (Å²) in [6, 6.07) is 25.1. The molecular formula is C26H20F3NO4S2. The van der Waals surface area contributed by atoms with Gasteiger partial charge in [0.05, 0.1) is 20.2 Å². The van der Waals surface area contributed by atoms with Gasteiger partial charge in [0.15, 0.2) is 0 Å². The Morgan fingerprint density at radius 2 is 1.19 bits per heavy atom. The molecule has 4 aromatic rings. The second-order valence-corrected chi connectivity index (χ2v) is 11.5. The van der Waals surface area contributed by atoms with Crippen molar-refractivity contribution in [1.82, 2.24) is 4.72 Å². The van der Waals surface area contributed by atoms with Crippen LogP contribution in [0.4, 0.5) is 13.2 Å². The maximum Gasteiger partial charge on any atom is 0.417 e. The first kappa shape index (κ1) is 25.6. The lowest BCUT2D eigenvalue weighted by Crippen LogP contribution is -2.26. The molecule has 0 atom stereocenters. The van der Waals surface area contributed by atoms with Crippen molar-refractivity contribution < 1.29 is 30.0 Å². The van der Waals surface area contributed by atoms with Gasteiger partial charge >= 0.3 is 6.18 Å². The second-order valence-electron chi connectivity index (χ2n) is 7.86. The highest BCUT2D eigenvalue weighted by Gasteiger charge is 2.38. The van der Waals surface area contributed by atoms with Gasteiger partial charge < -0.3 is 0 Å². The molecule has 0 aliphatic carbocycles. The van der Waals surface area contributed by atoms with Gasteiger partial charge in [-0.05, 0) is 47.0 Å². The minimum absolute atomic E-state index is 0.167. The zero-order valence-electron chi connectivity index (χ0n) is 18.6. The third-order valence-electron chi connectivity index (χ3n) is 5.44. The van der Waals surface area contributed by atoms with E-state index in [-0.39, 0.29) is 11.4 Å². The fourth-order valence-corrected chi connectivity index (χ4v) is 6.21. The molecule has 4 rings (SSSR count). The zero-order valence-corrected chi connectivity index (χ0v) is 20.2. The van der Waals surface area contributed by atoms with Crippen molar-refractivity contribution in [1.29, 1.82) is 0 Å². The number of halogens is 3. The Morgan fingerprint density at radius 1 is 0.639 bits per heavy atom. The average molecular weight is 532 g/mol. The van der Waals surface area contributed by atoms with Crippen LogP contribution in [-0.4, -0.2) is 16.8 Å². The van der Waals surface area contributed by atoms with E-state index in [0.717, 1.165) is 17.2 Å². The summed E-state index contributed by atoms with van der Waals surface area (Å²) in [5, 5.41) is 0. The Kier molecular flexibility index (Phi) is 7.03. The van der Waals surface area contributed by atoms with E-state index in [1.54, 1.807) is 30.3 Å². The van der Waals surface area contributed by atoms with Gasteiger partial charge in [-0.3, -0.25) is 0 Å². The molecule has 0 aromatic heterocycles. The zero-order chi connectivity index (χ0) is 26.0. The molecule has 4 aromatic carbocycles. The van der Waals surface area contributed by atoms with E-state index in [1.807, 2.05) is 30.3 Å². The molecule has 5 nitrogen and oxygen atoms in total.